The first kappa shape index (κ1) is 11.8. The zero-order valence-corrected chi connectivity index (χ0v) is 10.1. The molecular weight excluding hydrogens is 221 g/mol. The predicted molar refractivity (Wildman–Crippen MR) is 63.6 cm³/mol. The number of ether oxygens (including phenoxy) is 1. The summed E-state index contributed by atoms with van der Waals surface area (Å²) in [5.41, 5.74) is 1.77. The van der Waals surface area contributed by atoms with Crippen molar-refractivity contribution in [3.05, 3.63) is 23.5 Å². The monoisotopic (exact) mass is 235 g/mol. The molecule has 0 saturated heterocycles. The van der Waals surface area contributed by atoms with Crippen LogP contribution in [0, 0.1) is 11.7 Å². The van der Waals surface area contributed by atoms with Crippen LogP contribution in [0.2, 0.25) is 0 Å². The van der Waals surface area contributed by atoms with Gasteiger partial charge in [-0.05, 0) is 17.5 Å². The second kappa shape index (κ2) is 4.28. The standard InChI is InChI=1S/C13H14FNO2/c1-7(2)13-11(16)4-8-5-12(17-3)9(14)6-10(8)15-13/h5-7H,4H2,1-3H3. The summed E-state index contributed by atoms with van der Waals surface area (Å²) in [6.45, 7) is 3.81. The van der Waals surface area contributed by atoms with Crippen molar-refractivity contribution in [3.8, 4) is 5.75 Å². The second-order valence-corrected chi connectivity index (χ2v) is 4.37. The highest BCUT2D eigenvalue weighted by molar-refractivity contribution is 6.42. The van der Waals surface area contributed by atoms with Crippen LogP contribution in [0.5, 0.6) is 5.75 Å². The fourth-order valence-corrected chi connectivity index (χ4v) is 1.89. The van der Waals surface area contributed by atoms with Crippen LogP contribution >= 0.6 is 0 Å². The average molecular weight is 235 g/mol. The van der Waals surface area contributed by atoms with Crippen molar-refractivity contribution in [2.45, 2.75) is 20.3 Å². The molecule has 2 rings (SSSR count). The maximum Gasteiger partial charge on any atom is 0.181 e. The number of halogens is 1. The molecule has 0 unspecified atom stereocenters. The molecule has 1 aliphatic heterocycles. The third kappa shape index (κ3) is 2.07. The molecule has 1 heterocycles. The lowest BCUT2D eigenvalue weighted by atomic mass is 9.94. The van der Waals surface area contributed by atoms with Crippen LogP contribution in [0.15, 0.2) is 17.1 Å². The molecule has 0 aromatic heterocycles. The van der Waals surface area contributed by atoms with E-state index in [9.17, 15) is 9.18 Å². The molecule has 0 amide bonds. The number of carbonyl (C=O) groups is 1. The number of Topliss-reactive ketones (excluding diaryl/α,β-unsaturated/α-hetero) is 1. The van der Waals surface area contributed by atoms with E-state index in [4.69, 9.17) is 4.74 Å². The number of hydrogen-bond acceptors (Lipinski definition) is 3. The first-order valence-electron chi connectivity index (χ1n) is 5.51. The van der Waals surface area contributed by atoms with Gasteiger partial charge in [-0.15, -0.1) is 0 Å². The van der Waals surface area contributed by atoms with E-state index in [1.807, 2.05) is 13.8 Å². The summed E-state index contributed by atoms with van der Waals surface area (Å²) in [6, 6.07) is 2.87. The fraction of sp³-hybridized carbons (Fsp3) is 0.385. The van der Waals surface area contributed by atoms with Gasteiger partial charge in [-0.25, -0.2) is 9.38 Å². The number of benzene rings is 1. The minimum Gasteiger partial charge on any atom is -0.494 e. The number of fused-ring (bicyclic) bond motifs is 1. The molecule has 0 radical (unpaired) electrons. The molecular formula is C13H14FNO2. The second-order valence-electron chi connectivity index (χ2n) is 4.37. The summed E-state index contributed by atoms with van der Waals surface area (Å²) in [5, 5.41) is 0. The highest BCUT2D eigenvalue weighted by Crippen LogP contribution is 2.32. The molecule has 0 N–H and O–H groups in total. The Morgan fingerprint density at radius 3 is 2.71 bits per heavy atom. The van der Waals surface area contributed by atoms with Crippen LogP contribution < -0.4 is 4.74 Å². The molecule has 3 nitrogen and oxygen atoms in total. The molecule has 0 spiro atoms. The van der Waals surface area contributed by atoms with Crippen LogP contribution in [-0.4, -0.2) is 18.6 Å². The number of rotatable bonds is 2. The molecule has 0 aliphatic carbocycles. The summed E-state index contributed by atoms with van der Waals surface area (Å²) in [5.74, 6) is -0.242. The van der Waals surface area contributed by atoms with Gasteiger partial charge in [-0.3, -0.25) is 4.79 Å². The topological polar surface area (TPSA) is 38.7 Å². The number of aliphatic imine (C=N–C) groups is 1. The Hall–Kier alpha value is -1.71. The molecule has 1 aromatic rings. The Morgan fingerprint density at radius 2 is 2.12 bits per heavy atom. The normalized spacial score (nSPS) is 14.6. The summed E-state index contributed by atoms with van der Waals surface area (Å²) < 4.78 is 18.4. The predicted octanol–water partition coefficient (Wildman–Crippen LogP) is 2.69. The zero-order chi connectivity index (χ0) is 12.6. The lowest BCUT2D eigenvalue weighted by Gasteiger charge is -2.17. The number of methoxy groups -OCH3 is 1. The highest BCUT2D eigenvalue weighted by Gasteiger charge is 2.24. The first-order valence-corrected chi connectivity index (χ1v) is 5.51. The van der Waals surface area contributed by atoms with Crippen LogP contribution in [0.1, 0.15) is 19.4 Å². The van der Waals surface area contributed by atoms with Gasteiger partial charge in [0.25, 0.3) is 0 Å². The van der Waals surface area contributed by atoms with Gasteiger partial charge in [-0.2, -0.15) is 0 Å². The Kier molecular flexibility index (Phi) is 2.96. The number of ketones is 1. The van der Waals surface area contributed by atoms with E-state index in [0.717, 1.165) is 5.56 Å². The summed E-state index contributed by atoms with van der Waals surface area (Å²) in [4.78, 5) is 16.1. The van der Waals surface area contributed by atoms with Gasteiger partial charge in [0, 0.05) is 12.5 Å². The lowest BCUT2D eigenvalue weighted by Crippen LogP contribution is -2.24. The van der Waals surface area contributed by atoms with Gasteiger partial charge in [0.05, 0.1) is 18.5 Å². The van der Waals surface area contributed by atoms with Crippen molar-refractivity contribution in [2.24, 2.45) is 10.9 Å². The molecule has 17 heavy (non-hydrogen) atoms. The Labute approximate surface area is 99.3 Å². The molecule has 0 saturated carbocycles. The van der Waals surface area contributed by atoms with Crippen LogP contribution in [0.25, 0.3) is 0 Å². The van der Waals surface area contributed by atoms with Gasteiger partial charge in [0.1, 0.15) is 0 Å². The van der Waals surface area contributed by atoms with Gasteiger partial charge >= 0.3 is 0 Å². The van der Waals surface area contributed by atoms with Gasteiger partial charge in [-0.1, -0.05) is 13.8 Å². The van der Waals surface area contributed by atoms with Crippen molar-refractivity contribution in [2.75, 3.05) is 7.11 Å². The number of nitrogens with zero attached hydrogens (tertiary/aromatic N) is 1. The van der Waals surface area contributed by atoms with E-state index >= 15 is 0 Å². The zero-order valence-electron chi connectivity index (χ0n) is 10.1. The number of hydrogen-bond donors (Lipinski definition) is 0. The minimum atomic E-state index is -0.451. The minimum absolute atomic E-state index is 0.00108. The first-order chi connectivity index (χ1) is 8.02. The SMILES string of the molecule is COc1cc2c(cc1F)N=C(C(C)C)C(=O)C2. The van der Waals surface area contributed by atoms with E-state index < -0.39 is 5.82 Å². The van der Waals surface area contributed by atoms with Crippen molar-refractivity contribution in [1.29, 1.82) is 0 Å². The maximum atomic E-state index is 13.5. The average Bonchev–Trinajstić information content (AvgIpc) is 2.27. The van der Waals surface area contributed by atoms with Crippen molar-refractivity contribution in [3.63, 3.8) is 0 Å². The molecule has 1 aliphatic rings. The highest BCUT2D eigenvalue weighted by atomic mass is 19.1. The van der Waals surface area contributed by atoms with Gasteiger partial charge < -0.3 is 4.74 Å². The molecule has 0 fully saturated rings. The van der Waals surface area contributed by atoms with E-state index in [1.165, 1.54) is 13.2 Å². The smallest absolute Gasteiger partial charge is 0.181 e. The van der Waals surface area contributed by atoms with E-state index in [0.29, 0.717) is 11.4 Å². The van der Waals surface area contributed by atoms with Gasteiger partial charge in [0.15, 0.2) is 17.3 Å². The van der Waals surface area contributed by atoms with Crippen molar-refractivity contribution in [1.82, 2.24) is 0 Å². The summed E-state index contributed by atoms with van der Waals surface area (Å²) >= 11 is 0. The summed E-state index contributed by atoms with van der Waals surface area (Å²) in [6.07, 6.45) is 0.267. The third-order valence-electron chi connectivity index (χ3n) is 2.78. The number of carbonyl (C=O) groups excluding carboxylic acids is 1. The van der Waals surface area contributed by atoms with Crippen LogP contribution in [-0.2, 0) is 11.2 Å². The van der Waals surface area contributed by atoms with Crippen LogP contribution in [0.4, 0.5) is 10.1 Å². The molecule has 0 atom stereocenters. The largest absolute Gasteiger partial charge is 0.494 e. The molecule has 1 aromatic carbocycles. The van der Waals surface area contributed by atoms with Crippen LogP contribution in [0.3, 0.4) is 0 Å². The van der Waals surface area contributed by atoms with Crippen molar-refractivity contribution >= 4 is 17.2 Å². The third-order valence-corrected chi connectivity index (χ3v) is 2.78. The summed E-state index contributed by atoms with van der Waals surface area (Å²) in [7, 11) is 1.40. The maximum absolute atomic E-state index is 13.5. The van der Waals surface area contributed by atoms with E-state index in [2.05, 4.69) is 4.99 Å². The molecule has 0 bridgehead atoms. The molecule has 4 heteroatoms. The Morgan fingerprint density at radius 1 is 1.41 bits per heavy atom. The Bertz CT molecular complexity index is 506. The fourth-order valence-electron chi connectivity index (χ4n) is 1.89. The van der Waals surface area contributed by atoms with Crippen molar-refractivity contribution < 1.29 is 13.9 Å². The van der Waals surface area contributed by atoms with Gasteiger partial charge in [0.2, 0.25) is 0 Å². The Balaban J connectivity index is 2.53. The van der Waals surface area contributed by atoms with E-state index in [1.54, 1.807) is 6.07 Å². The van der Waals surface area contributed by atoms with E-state index in [-0.39, 0.29) is 23.9 Å². The molecule has 90 valence electrons. The quantitative estimate of drug-likeness (QED) is 0.790. The lowest BCUT2D eigenvalue weighted by molar-refractivity contribution is -0.112.